The number of carbonyl (C=O) groups excluding carboxylic acids is 2. The van der Waals surface area contributed by atoms with Crippen LogP contribution in [-0.4, -0.2) is 51.7 Å². The number of ether oxygens (including phenoxy) is 2. The zero-order chi connectivity index (χ0) is 19.0. The van der Waals surface area contributed by atoms with E-state index in [-0.39, 0.29) is 6.61 Å². The largest absolute Gasteiger partial charge is 0.469 e. The van der Waals surface area contributed by atoms with Crippen LogP contribution in [0.4, 0.5) is 8.78 Å². The molecule has 0 bridgehead atoms. The maximum Gasteiger partial charge on any atom is 0.378 e. The molecule has 0 unspecified atom stereocenters. The molecule has 24 heavy (non-hydrogen) atoms. The fraction of sp³-hybridized carbons (Fsp3) is 0.867. The van der Waals surface area contributed by atoms with E-state index in [0.29, 0.717) is 0 Å². The van der Waals surface area contributed by atoms with Crippen molar-refractivity contribution in [2.45, 2.75) is 70.0 Å². The molecule has 140 valence electrons. The van der Waals surface area contributed by atoms with Gasteiger partial charge < -0.3 is 19.2 Å². The van der Waals surface area contributed by atoms with Crippen molar-refractivity contribution in [1.82, 2.24) is 5.32 Å². The molecule has 1 saturated heterocycles. The third-order valence-corrected chi connectivity index (χ3v) is 9.08. The number of alkyl halides is 2. The Morgan fingerprint density at radius 3 is 2.29 bits per heavy atom. The van der Waals surface area contributed by atoms with Gasteiger partial charge in [0, 0.05) is 6.61 Å². The van der Waals surface area contributed by atoms with Gasteiger partial charge in [0.05, 0.1) is 19.6 Å². The Labute approximate surface area is 142 Å². The van der Waals surface area contributed by atoms with Gasteiger partial charge in [0.25, 0.3) is 11.7 Å². The van der Waals surface area contributed by atoms with Gasteiger partial charge in [-0.25, -0.2) is 0 Å². The number of nitrogens with one attached hydrogen (secondary N) is 1. The molecular formula is C15H27F2NO5Si. The molecule has 0 aromatic rings. The Morgan fingerprint density at radius 1 is 1.33 bits per heavy atom. The first-order valence-electron chi connectivity index (χ1n) is 7.85. The van der Waals surface area contributed by atoms with Crippen LogP contribution in [0, 0.1) is 0 Å². The van der Waals surface area contributed by atoms with E-state index < -0.39 is 49.4 Å². The van der Waals surface area contributed by atoms with Crippen molar-refractivity contribution in [2.24, 2.45) is 0 Å². The SMILES string of the molecule is CCO[C@@]1(O[Si](C)(C)C(C)(C)C)[C@H](CC(=O)OC)NC(=O)C1(F)F. The highest BCUT2D eigenvalue weighted by molar-refractivity contribution is 6.74. The Morgan fingerprint density at radius 2 is 1.88 bits per heavy atom. The summed E-state index contributed by atoms with van der Waals surface area (Å²) in [6.45, 7) is 10.6. The molecule has 1 aliphatic heterocycles. The highest BCUT2D eigenvalue weighted by Crippen LogP contribution is 2.48. The maximum absolute atomic E-state index is 14.8. The van der Waals surface area contributed by atoms with Crippen molar-refractivity contribution in [3.05, 3.63) is 0 Å². The smallest absolute Gasteiger partial charge is 0.378 e. The molecule has 0 aliphatic carbocycles. The summed E-state index contributed by atoms with van der Waals surface area (Å²) in [7, 11) is -1.60. The first-order valence-corrected chi connectivity index (χ1v) is 10.8. The molecule has 2 atom stereocenters. The summed E-state index contributed by atoms with van der Waals surface area (Å²) < 4.78 is 45.3. The summed E-state index contributed by atoms with van der Waals surface area (Å²) in [5.41, 5.74) is 0. The second-order valence-corrected chi connectivity index (χ2v) is 12.1. The predicted octanol–water partition coefficient (Wildman–Crippen LogP) is 2.44. The van der Waals surface area contributed by atoms with Gasteiger partial charge in [0.15, 0.2) is 8.32 Å². The van der Waals surface area contributed by atoms with Gasteiger partial charge in [-0.3, -0.25) is 9.59 Å². The van der Waals surface area contributed by atoms with E-state index in [1.807, 2.05) is 20.8 Å². The van der Waals surface area contributed by atoms with Gasteiger partial charge in [-0.05, 0) is 25.1 Å². The molecule has 1 amide bonds. The molecule has 1 aliphatic rings. The van der Waals surface area contributed by atoms with Crippen molar-refractivity contribution in [2.75, 3.05) is 13.7 Å². The number of amides is 1. The maximum atomic E-state index is 14.8. The molecule has 9 heteroatoms. The second kappa shape index (κ2) is 6.68. The van der Waals surface area contributed by atoms with Crippen molar-refractivity contribution in [1.29, 1.82) is 0 Å². The first kappa shape index (κ1) is 21.0. The number of halogens is 2. The molecule has 0 radical (unpaired) electrons. The van der Waals surface area contributed by atoms with Crippen molar-refractivity contribution >= 4 is 20.2 Å². The summed E-state index contributed by atoms with van der Waals surface area (Å²) in [6.07, 6.45) is -0.466. The molecular weight excluding hydrogens is 340 g/mol. The van der Waals surface area contributed by atoms with Crippen LogP contribution in [0.3, 0.4) is 0 Å². The zero-order valence-electron chi connectivity index (χ0n) is 15.3. The van der Waals surface area contributed by atoms with E-state index >= 15 is 0 Å². The van der Waals surface area contributed by atoms with Crippen molar-refractivity contribution in [3.8, 4) is 0 Å². The van der Waals surface area contributed by atoms with Gasteiger partial charge in [-0.2, -0.15) is 8.78 Å². The number of carbonyl (C=O) groups is 2. The Kier molecular flexibility index (Phi) is 5.84. The zero-order valence-corrected chi connectivity index (χ0v) is 16.3. The molecule has 6 nitrogen and oxygen atoms in total. The molecule has 1 fully saturated rings. The first-order chi connectivity index (χ1) is 10.7. The standard InChI is InChI=1S/C15H27F2NO5Si/c1-8-22-15(23-24(6,7)13(2,3)4)10(9-11(19)21-5)18-12(20)14(15,16)17/h10H,8-9H2,1-7H3,(H,18,20)/t10-,15+/m0/s1. The topological polar surface area (TPSA) is 73.9 Å². The fourth-order valence-corrected chi connectivity index (χ4v) is 3.65. The van der Waals surface area contributed by atoms with Crippen LogP contribution in [0.2, 0.25) is 18.1 Å². The average Bonchev–Trinajstić information content (AvgIpc) is 2.59. The highest BCUT2D eigenvalue weighted by Gasteiger charge is 2.73. The van der Waals surface area contributed by atoms with E-state index in [4.69, 9.17) is 9.16 Å². The summed E-state index contributed by atoms with van der Waals surface area (Å²) in [5.74, 6) is -8.70. The van der Waals surface area contributed by atoms with Crippen LogP contribution in [0.15, 0.2) is 0 Å². The Hall–Kier alpha value is -1.06. The number of hydrogen-bond acceptors (Lipinski definition) is 5. The minimum atomic E-state index is -3.92. The molecule has 1 rings (SSSR count). The fourth-order valence-electron chi connectivity index (χ4n) is 2.26. The number of esters is 1. The lowest BCUT2D eigenvalue weighted by Gasteiger charge is -2.46. The van der Waals surface area contributed by atoms with Gasteiger partial charge in [-0.1, -0.05) is 20.8 Å². The third kappa shape index (κ3) is 3.47. The lowest BCUT2D eigenvalue weighted by atomic mass is 10.0. The van der Waals surface area contributed by atoms with Crippen LogP contribution >= 0.6 is 0 Å². The van der Waals surface area contributed by atoms with Crippen LogP contribution in [0.25, 0.3) is 0 Å². The summed E-state index contributed by atoms with van der Waals surface area (Å²) in [5, 5.41) is 1.75. The van der Waals surface area contributed by atoms with Gasteiger partial charge in [0.2, 0.25) is 0 Å². The lowest BCUT2D eigenvalue weighted by molar-refractivity contribution is -0.288. The molecule has 1 heterocycles. The van der Waals surface area contributed by atoms with Gasteiger partial charge in [0.1, 0.15) is 0 Å². The number of rotatable bonds is 6. The van der Waals surface area contributed by atoms with Crippen LogP contribution < -0.4 is 5.32 Å². The lowest BCUT2D eigenvalue weighted by Crippen LogP contribution is -2.63. The van der Waals surface area contributed by atoms with E-state index in [1.165, 1.54) is 6.92 Å². The molecule has 0 aromatic carbocycles. The molecule has 0 aromatic heterocycles. The highest BCUT2D eigenvalue weighted by atomic mass is 28.4. The van der Waals surface area contributed by atoms with Gasteiger partial charge >= 0.3 is 11.9 Å². The minimum absolute atomic E-state index is 0.100. The van der Waals surface area contributed by atoms with E-state index in [2.05, 4.69) is 10.1 Å². The Balaban J connectivity index is 3.39. The van der Waals surface area contributed by atoms with Crippen LogP contribution in [-0.2, 0) is 23.5 Å². The summed E-state index contributed by atoms with van der Waals surface area (Å²) in [4.78, 5) is 23.5. The average molecular weight is 367 g/mol. The minimum Gasteiger partial charge on any atom is -0.469 e. The van der Waals surface area contributed by atoms with E-state index in [1.54, 1.807) is 13.1 Å². The number of hydrogen-bond donors (Lipinski definition) is 1. The van der Waals surface area contributed by atoms with Crippen LogP contribution in [0.5, 0.6) is 0 Å². The quantitative estimate of drug-likeness (QED) is 0.443. The molecule has 1 N–H and O–H groups in total. The predicted molar refractivity (Wildman–Crippen MR) is 86.1 cm³/mol. The molecule has 0 spiro atoms. The van der Waals surface area contributed by atoms with Crippen molar-refractivity contribution in [3.63, 3.8) is 0 Å². The third-order valence-electron chi connectivity index (χ3n) is 4.66. The normalized spacial score (nSPS) is 27.0. The summed E-state index contributed by atoms with van der Waals surface area (Å²) in [6, 6.07) is -1.33. The van der Waals surface area contributed by atoms with E-state index in [9.17, 15) is 18.4 Å². The van der Waals surface area contributed by atoms with E-state index in [0.717, 1.165) is 7.11 Å². The summed E-state index contributed by atoms with van der Waals surface area (Å²) >= 11 is 0. The monoisotopic (exact) mass is 367 g/mol. The van der Waals surface area contributed by atoms with Gasteiger partial charge in [-0.15, -0.1) is 0 Å². The van der Waals surface area contributed by atoms with Crippen molar-refractivity contribution < 1.29 is 32.3 Å². The number of methoxy groups -OCH3 is 1. The second-order valence-electron chi connectivity index (χ2n) is 7.34. The Bertz CT molecular complexity index is 507. The molecule has 0 saturated carbocycles. The van der Waals surface area contributed by atoms with Crippen LogP contribution in [0.1, 0.15) is 34.1 Å².